The number of nitrogens with zero attached hydrogens (tertiary/aromatic N) is 10. The molecule has 4 saturated heterocycles. The molecule has 6 aromatic rings. The monoisotopic (exact) mass is 950 g/mol. The predicted octanol–water partition coefficient (Wildman–Crippen LogP) is 5.68. The number of urea groups is 1. The van der Waals surface area contributed by atoms with Crippen molar-refractivity contribution in [1.29, 1.82) is 0 Å². The van der Waals surface area contributed by atoms with Crippen LogP contribution < -0.4 is 20.4 Å². The molecule has 0 saturated carbocycles. The summed E-state index contributed by atoms with van der Waals surface area (Å²) in [6.45, 7) is 6.36. The number of thiazole rings is 1. The number of hydrogen-bond donors (Lipinski definition) is 2. The molecule has 1 spiro atoms. The molecule has 12 rings (SSSR count). The van der Waals surface area contributed by atoms with Crippen LogP contribution >= 0.6 is 11.3 Å². The Balaban J connectivity index is 0.644. The lowest BCUT2D eigenvalue weighted by atomic mass is 9.72. The number of carbonyl (C=O) groups excluding carboxylic acids is 5. The Morgan fingerprint density at radius 1 is 0.928 bits per heavy atom. The summed E-state index contributed by atoms with van der Waals surface area (Å²) in [5.41, 5.74) is 6.60. The van der Waals surface area contributed by atoms with Crippen LogP contribution in [-0.2, 0) is 40.9 Å². The summed E-state index contributed by atoms with van der Waals surface area (Å²) in [6.07, 6.45) is 8.18. The minimum absolute atomic E-state index is 0.0518. The van der Waals surface area contributed by atoms with Crippen molar-refractivity contribution in [3.05, 3.63) is 106 Å². The number of hydrogen-bond acceptors (Lipinski definition) is 11. The Hall–Kier alpha value is -6.99. The highest BCUT2D eigenvalue weighted by molar-refractivity contribution is 7.13. The first-order chi connectivity index (χ1) is 33.5. The number of fused-ring (bicyclic) bond motifs is 3. The third-order valence-electron chi connectivity index (χ3n) is 15.1. The lowest BCUT2D eigenvalue weighted by Gasteiger charge is -2.61. The molecule has 69 heavy (non-hydrogen) atoms. The van der Waals surface area contributed by atoms with Gasteiger partial charge in [-0.25, -0.2) is 19.2 Å². The zero-order chi connectivity index (χ0) is 47.1. The van der Waals surface area contributed by atoms with Crippen molar-refractivity contribution in [2.24, 2.45) is 12.5 Å². The van der Waals surface area contributed by atoms with Gasteiger partial charge in [0, 0.05) is 97.6 Å². The van der Waals surface area contributed by atoms with Crippen LogP contribution in [0.1, 0.15) is 76.9 Å². The van der Waals surface area contributed by atoms with Crippen LogP contribution in [0.15, 0.2) is 72.5 Å². The fourth-order valence-electron chi connectivity index (χ4n) is 11.5. The van der Waals surface area contributed by atoms with Gasteiger partial charge in [0.25, 0.3) is 11.8 Å². The standard InChI is InChI=1S/C50H51FN12O5S/c1-57-40-22-32(8-11-35(40)45(56-57)62-18-13-41(64)54-49(62)68)30-4-2-15-58(17-12-30)24-42(65)61-27-50(28-61)25-60(26-50)34-9-6-31(7-10-34)33-20-36-37(38(51)21-33)23-63(47(36)67)44(46(66)55-48-52-14-19-69-48)43-39-5-3-16-59(39)29-53-43/h6-11,14,19-22,29-30,44H,2-5,12-13,15-18,23-28H2,1H3,(H,52,55,66)(H,54,64,68). The van der Waals surface area contributed by atoms with Crippen molar-refractivity contribution in [3.8, 4) is 11.1 Å². The van der Waals surface area contributed by atoms with Crippen molar-refractivity contribution in [1.82, 2.24) is 44.3 Å². The van der Waals surface area contributed by atoms with Crippen molar-refractivity contribution in [2.45, 2.75) is 63.6 Å². The molecule has 3 aromatic carbocycles. The van der Waals surface area contributed by atoms with E-state index in [1.807, 2.05) is 46.8 Å². The van der Waals surface area contributed by atoms with E-state index < -0.39 is 29.7 Å². The van der Waals surface area contributed by atoms with Crippen molar-refractivity contribution >= 4 is 68.5 Å². The average Bonchev–Trinajstić information content (AvgIpc) is 4.15. The number of imide groups is 1. The smallest absolute Gasteiger partial charge is 0.329 e. The van der Waals surface area contributed by atoms with Gasteiger partial charge in [0.1, 0.15) is 5.82 Å². The van der Waals surface area contributed by atoms with Crippen LogP contribution in [0.4, 0.5) is 25.8 Å². The Morgan fingerprint density at radius 2 is 1.77 bits per heavy atom. The number of benzene rings is 3. The van der Waals surface area contributed by atoms with Gasteiger partial charge in [-0.15, -0.1) is 11.3 Å². The molecule has 9 heterocycles. The number of halogens is 1. The largest absolute Gasteiger partial charge is 0.370 e. The van der Waals surface area contributed by atoms with E-state index in [1.165, 1.54) is 32.8 Å². The predicted molar refractivity (Wildman–Crippen MR) is 256 cm³/mol. The van der Waals surface area contributed by atoms with E-state index in [1.54, 1.807) is 28.7 Å². The third kappa shape index (κ3) is 7.71. The molecule has 17 nitrogen and oxygen atoms in total. The van der Waals surface area contributed by atoms with E-state index in [9.17, 15) is 24.0 Å². The molecule has 0 bridgehead atoms. The second-order valence-electron chi connectivity index (χ2n) is 19.6. The highest BCUT2D eigenvalue weighted by Crippen LogP contribution is 2.43. The van der Waals surface area contributed by atoms with E-state index in [4.69, 9.17) is 0 Å². The summed E-state index contributed by atoms with van der Waals surface area (Å²) in [5.74, 6) is -0.537. The molecule has 2 N–H and O–H groups in total. The van der Waals surface area contributed by atoms with E-state index in [0.29, 0.717) is 41.2 Å². The van der Waals surface area contributed by atoms with Gasteiger partial charge < -0.3 is 19.3 Å². The summed E-state index contributed by atoms with van der Waals surface area (Å²) in [5, 5.41) is 12.9. The topological polar surface area (TPSA) is 174 Å². The molecule has 6 aliphatic rings. The van der Waals surface area contributed by atoms with Gasteiger partial charge in [-0.1, -0.05) is 18.2 Å². The number of carbonyl (C=O) groups is 5. The molecule has 6 aliphatic heterocycles. The maximum Gasteiger partial charge on any atom is 0.329 e. The van der Waals surface area contributed by atoms with Crippen LogP contribution in [-0.4, -0.2) is 121 Å². The number of likely N-dealkylation sites (tertiary alicyclic amines) is 2. The highest BCUT2D eigenvalue weighted by atomic mass is 32.1. The fraction of sp³-hybridized carbons (Fsp3) is 0.400. The van der Waals surface area contributed by atoms with Crippen LogP contribution in [0.5, 0.6) is 0 Å². The lowest BCUT2D eigenvalue weighted by Crippen LogP contribution is -2.73. The Bertz CT molecular complexity index is 3060. The molecule has 4 fully saturated rings. The van der Waals surface area contributed by atoms with E-state index in [-0.39, 0.29) is 41.3 Å². The third-order valence-corrected chi connectivity index (χ3v) is 15.8. The summed E-state index contributed by atoms with van der Waals surface area (Å²) in [6, 6.07) is 16.0. The molecule has 2 unspecified atom stereocenters. The van der Waals surface area contributed by atoms with Crippen LogP contribution in [0.3, 0.4) is 0 Å². The fourth-order valence-corrected chi connectivity index (χ4v) is 12.1. The molecule has 0 aliphatic carbocycles. The van der Waals surface area contributed by atoms with Crippen molar-refractivity contribution in [2.75, 3.05) is 67.5 Å². The highest BCUT2D eigenvalue weighted by Gasteiger charge is 2.53. The van der Waals surface area contributed by atoms with Crippen LogP contribution in [0.25, 0.3) is 22.0 Å². The number of nitrogens with one attached hydrogen (secondary N) is 2. The Kier molecular flexibility index (Phi) is 10.6. The van der Waals surface area contributed by atoms with Gasteiger partial charge in [0.15, 0.2) is 17.0 Å². The van der Waals surface area contributed by atoms with E-state index in [0.717, 1.165) is 106 Å². The van der Waals surface area contributed by atoms with E-state index >= 15 is 4.39 Å². The minimum atomic E-state index is -1.05. The summed E-state index contributed by atoms with van der Waals surface area (Å²) in [7, 11) is 1.88. The first-order valence-electron chi connectivity index (χ1n) is 23.8. The van der Waals surface area contributed by atoms with Gasteiger partial charge in [0.05, 0.1) is 30.6 Å². The number of anilines is 3. The molecular weight excluding hydrogens is 900 g/mol. The van der Waals surface area contributed by atoms with Gasteiger partial charge in [-0.3, -0.25) is 44.3 Å². The zero-order valence-corrected chi connectivity index (χ0v) is 39.0. The molecule has 354 valence electrons. The Labute approximate surface area is 400 Å². The SMILES string of the molecule is Cn1nc(N2CCC(=O)NC2=O)c2ccc(C3CCCN(CC(=O)N4CC5(C4)CN(c4ccc(-c6cc(F)c7c(c6)C(=O)N(C(C(=O)Nc6nccs6)c6ncn8c6CCC8)C7)cc4)C5)CC3)cc21. The molecule has 6 amide bonds. The lowest BCUT2D eigenvalue weighted by molar-refractivity contribution is -0.146. The van der Waals surface area contributed by atoms with Crippen LogP contribution in [0, 0.1) is 11.2 Å². The summed E-state index contributed by atoms with van der Waals surface area (Å²) >= 11 is 1.28. The van der Waals surface area contributed by atoms with Crippen LogP contribution in [0.2, 0.25) is 0 Å². The van der Waals surface area contributed by atoms with E-state index in [2.05, 4.69) is 47.6 Å². The Morgan fingerprint density at radius 3 is 2.57 bits per heavy atom. The normalized spacial score (nSPS) is 20.4. The van der Waals surface area contributed by atoms with Gasteiger partial charge in [-0.2, -0.15) is 5.10 Å². The average molecular weight is 951 g/mol. The molecule has 0 radical (unpaired) electrons. The summed E-state index contributed by atoms with van der Waals surface area (Å²) in [4.78, 5) is 84.2. The van der Waals surface area contributed by atoms with Gasteiger partial charge in [0.2, 0.25) is 11.8 Å². The van der Waals surface area contributed by atoms with Crippen molar-refractivity contribution < 1.29 is 28.4 Å². The quantitative estimate of drug-likeness (QED) is 0.174. The number of imidazole rings is 1. The molecule has 3 aromatic heterocycles. The zero-order valence-electron chi connectivity index (χ0n) is 38.2. The summed E-state index contributed by atoms with van der Waals surface area (Å²) < 4.78 is 19.8. The molecule has 2 atom stereocenters. The number of aryl methyl sites for hydroxylation is 2. The second kappa shape index (κ2) is 16.9. The first-order valence-corrected chi connectivity index (χ1v) is 24.7. The van der Waals surface area contributed by atoms with Crippen molar-refractivity contribution in [3.63, 3.8) is 0 Å². The number of amides is 6. The van der Waals surface area contributed by atoms with Gasteiger partial charge >= 0.3 is 6.03 Å². The molecular formula is C50H51FN12O5S. The first kappa shape index (κ1) is 43.3. The number of rotatable bonds is 10. The maximum absolute atomic E-state index is 16.0. The van der Waals surface area contributed by atoms with Gasteiger partial charge in [-0.05, 0) is 104 Å². The number of aromatic nitrogens is 5. The second-order valence-corrected chi connectivity index (χ2v) is 20.4. The minimum Gasteiger partial charge on any atom is -0.370 e. The molecule has 19 heteroatoms. The maximum atomic E-state index is 16.0.